The minimum absolute atomic E-state index is 0.257. The fourth-order valence-corrected chi connectivity index (χ4v) is 3.13. The number of sulfonamides is 1. The third kappa shape index (κ3) is 5.14. The van der Waals surface area contributed by atoms with E-state index in [9.17, 15) is 13.2 Å². The zero-order valence-corrected chi connectivity index (χ0v) is 16.1. The van der Waals surface area contributed by atoms with Crippen molar-refractivity contribution in [1.82, 2.24) is 9.29 Å². The summed E-state index contributed by atoms with van der Waals surface area (Å²) in [4.78, 5) is 14.7. The molecule has 0 radical (unpaired) electrons. The summed E-state index contributed by atoms with van der Waals surface area (Å²) in [7, 11) is -2.15. The molecule has 0 unspecified atom stereocenters. The van der Waals surface area contributed by atoms with E-state index in [0.717, 1.165) is 27.5 Å². The highest BCUT2D eigenvalue weighted by Gasteiger charge is 2.14. The number of carbonyl (C=O) groups excluding carboxylic acids is 1. The third-order valence-electron chi connectivity index (χ3n) is 3.85. The predicted octanol–water partition coefficient (Wildman–Crippen LogP) is 2.23. The molecule has 0 spiro atoms. The first-order valence-electron chi connectivity index (χ1n) is 8.03. The first-order chi connectivity index (χ1) is 12.2. The maximum absolute atomic E-state index is 12.0. The second kappa shape index (κ2) is 8.11. The summed E-state index contributed by atoms with van der Waals surface area (Å²) in [6, 6.07) is 11.2. The zero-order chi connectivity index (χ0) is 19.3. The lowest BCUT2D eigenvalue weighted by atomic mass is 10.1. The summed E-state index contributed by atoms with van der Waals surface area (Å²) in [5, 5.41) is 0. The molecule has 26 heavy (non-hydrogen) atoms. The van der Waals surface area contributed by atoms with Gasteiger partial charge in [-0.2, -0.15) is 0 Å². The molecule has 138 valence electrons. The number of aryl methyl sites for hydroxylation is 2. The van der Waals surface area contributed by atoms with Crippen molar-refractivity contribution in [3.05, 3.63) is 58.4 Å². The van der Waals surface area contributed by atoms with Crippen molar-refractivity contribution in [2.75, 3.05) is 19.9 Å². The topological polar surface area (TPSA) is 79.5 Å². The highest BCUT2D eigenvalue weighted by atomic mass is 32.2. The molecule has 0 atom stereocenters. The summed E-state index contributed by atoms with van der Waals surface area (Å²) in [5.41, 5.74) is 4.16. The Morgan fingerprint density at radius 3 is 2.38 bits per heavy atom. The molecule has 1 N–H and O–H groups in total. The van der Waals surface area contributed by atoms with E-state index < -0.39 is 16.0 Å². The lowest BCUT2D eigenvalue weighted by Gasteiger charge is -2.14. The van der Waals surface area contributed by atoms with E-state index in [1.54, 1.807) is 24.3 Å². The molecule has 0 saturated carbocycles. The van der Waals surface area contributed by atoms with E-state index >= 15 is 0 Å². The number of ether oxygens (including phenoxy) is 1. The van der Waals surface area contributed by atoms with Crippen molar-refractivity contribution in [3.63, 3.8) is 0 Å². The van der Waals surface area contributed by atoms with Gasteiger partial charge in [0.05, 0.1) is 18.9 Å². The van der Waals surface area contributed by atoms with Gasteiger partial charge in [-0.05, 0) is 55.7 Å². The largest absolute Gasteiger partial charge is 0.465 e. The number of aromatic amines is 1. The van der Waals surface area contributed by atoms with Gasteiger partial charge < -0.3 is 9.72 Å². The summed E-state index contributed by atoms with van der Waals surface area (Å²) in [6.45, 7) is 4.20. The van der Waals surface area contributed by atoms with Crippen LogP contribution < -0.4 is 0 Å². The monoisotopic (exact) mass is 374 g/mol. The summed E-state index contributed by atoms with van der Waals surface area (Å²) in [6.07, 6.45) is 1.68. The maximum atomic E-state index is 12.0. The van der Waals surface area contributed by atoms with Gasteiger partial charge in [0.2, 0.25) is 10.0 Å². The van der Waals surface area contributed by atoms with Gasteiger partial charge in [-0.3, -0.25) is 0 Å². The molecule has 0 bridgehead atoms. The van der Waals surface area contributed by atoms with Crippen LogP contribution in [0.4, 0.5) is 0 Å². The Labute approximate surface area is 154 Å². The normalized spacial score (nSPS) is 10.8. The molecule has 0 amide bonds. The number of esters is 1. The fraction of sp³-hybridized carbons (Fsp3) is 0.316. The van der Waals surface area contributed by atoms with Crippen LogP contribution in [0.5, 0.6) is 0 Å². The number of hydrogen-bond acceptors (Lipinski definition) is 4. The molecule has 1 aromatic carbocycles. The van der Waals surface area contributed by atoms with E-state index in [1.807, 2.05) is 19.9 Å². The number of hydrogen-bond donors (Lipinski definition) is 1. The Hall–Kier alpha value is -2.72. The van der Waals surface area contributed by atoms with E-state index in [1.165, 1.54) is 7.11 Å². The second-order valence-corrected chi connectivity index (χ2v) is 7.91. The quantitative estimate of drug-likeness (QED) is 0.494. The summed E-state index contributed by atoms with van der Waals surface area (Å²) < 4.78 is 29.8. The molecule has 1 heterocycles. The highest BCUT2D eigenvalue weighted by Crippen LogP contribution is 2.11. The lowest BCUT2D eigenvalue weighted by Crippen LogP contribution is -2.27. The van der Waals surface area contributed by atoms with Crippen LogP contribution in [-0.2, 0) is 21.2 Å². The molecule has 0 fully saturated rings. The highest BCUT2D eigenvalue weighted by molar-refractivity contribution is 7.88. The predicted molar refractivity (Wildman–Crippen MR) is 100 cm³/mol. The smallest absolute Gasteiger partial charge is 0.337 e. The van der Waals surface area contributed by atoms with Crippen LogP contribution in [0.15, 0.2) is 30.3 Å². The second-order valence-electron chi connectivity index (χ2n) is 6.00. The molecule has 0 aliphatic rings. The Balaban J connectivity index is 2.15. The van der Waals surface area contributed by atoms with Crippen molar-refractivity contribution in [1.29, 1.82) is 0 Å². The first-order valence-corrected chi connectivity index (χ1v) is 9.88. The molecule has 0 aliphatic carbocycles. The van der Waals surface area contributed by atoms with E-state index in [4.69, 9.17) is 0 Å². The van der Waals surface area contributed by atoms with E-state index in [0.29, 0.717) is 17.5 Å². The standard InChI is InChI=1S/C19H22N2O4S/c1-14-13-15(2)20-18(14)10-12-21(26(4,23)24)11-9-16-5-7-17(8-6-16)19(22)25-3/h5-8,13,20H,10,12H2,1-4H3. The van der Waals surface area contributed by atoms with Crippen molar-refractivity contribution >= 4 is 16.0 Å². The Kier molecular flexibility index (Phi) is 6.11. The van der Waals surface area contributed by atoms with Crippen LogP contribution in [-0.4, -0.2) is 43.6 Å². The van der Waals surface area contributed by atoms with E-state index in [2.05, 4.69) is 21.7 Å². The van der Waals surface area contributed by atoms with Crippen LogP contribution in [0, 0.1) is 25.8 Å². The molecule has 2 aromatic rings. The van der Waals surface area contributed by atoms with Gasteiger partial charge in [0.15, 0.2) is 0 Å². The average Bonchev–Trinajstić information content (AvgIpc) is 2.91. The summed E-state index contributed by atoms with van der Waals surface area (Å²) >= 11 is 0. The fourth-order valence-electron chi connectivity index (χ4n) is 2.50. The number of carbonyl (C=O) groups is 1. The molecular formula is C19H22N2O4S. The van der Waals surface area contributed by atoms with Crippen LogP contribution in [0.1, 0.15) is 32.9 Å². The Morgan fingerprint density at radius 2 is 1.88 bits per heavy atom. The van der Waals surface area contributed by atoms with Crippen LogP contribution in [0.2, 0.25) is 0 Å². The molecular weight excluding hydrogens is 352 g/mol. The number of benzene rings is 1. The van der Waals surface area contributed by atoms with Gasteiger partial charge in [-0.15, -0.1) is 0 Å². The van der Waals surface area contributed by atoms with Gasteiger partial charge in [0.1, 0.15) is 0 Å². The maximum Gasteiger partial charge on any atom is 0.337 e. The number of H-pyrrole nitrogens is 1. The van der Waals surface area contributed by atoms with Gasteiger partial charge in [-0.25, -0.2) is 17.5 Å². The number of nitrogens with one attached hydrogen (secondary N) is 1. The van der Waals surface area contributed by atoms with E-state index in [-0.39, 0.29) is 6.54 Å². The molecule has 6 nitrogen and oxygen atoms in total. The number of aromatic nitrogens is 1. The summed E-state index contributed by atoms with van der Waals surface area (Å²) in [5.74, 6) is 2.39. The van der Waals surface area contributed by atoms with Crippen LogP contribution in [0.25, 0.3) is 0 Å². The van der Waals surface area contributed by atoms with Gasteiger partial charge >= 0.3 is 5.97 Å². The van der Waals surface area contributed by atoms with Crippen molar-refractivity contribution in [2.45, 2.75) is 20.3 Å². The van der Waals surface area contributed by atoms with Crippen LogP contribution >= 0.6 is 0 Å². The molecule has 0 aliphatic heterocycles. The van der Waals surface area contributed by atoms with Crippen molar-refractivity contribution < 1.29 is 17.9 Å². The molecule has 7 heteroatoms. The average molecular weight is 374 g/mol. The third-order valence-corrected chi connectivity index (χ3v) is 4.93. The van der Waals surface area contributed by atoms with Crippen LogP contribution in [0.3, 0.4) is 0 Å². The minimum Gasteiger partial charge on any atom is -0.465 e. The molecule has 1 aromatic heterocycles. The minimum atomic E-state index is -3.47. The SMILES string of the molecule is COC(=O)c1ccc(C#CN(CCc2[nH]c(C)cc2C)S(C)(=O)=O)cc1. The lowest BCUT2D eigenvalue weighted by molar-refractivity contribution is 0.0600. The number of methoxy groups -OCH3 is 1. The number of nitrogens with zero attached hydrogens (tertiary/aromatic N) is 1. The van der Waals surface area contributed by atoms with Crippen molar-refractivity contribution in [3.8, 4) is 12.0 Å². The first kappa shape index (κ1) is 19.6. The van der Waals surface area contributed by atoms with Gasteiger partial charge in [0, 0.05) is 36.0 Å². The molecule has 2 rings (SSSR count). The Morgan fingerprint density at radius 1 is 1.23 bits per heavy atom. The zero-order valence-electron chi connectivity index (χ0n) is 15.3. The van der Waals surface area contributed by atoms with Crippen molar-refractivity contribution in [2.24, 2.45) is 0 Å². The molecule has 0 saturated heterocycles. The van der Waals surface area contributed by atoms with Gasteiger partial charge in [0.25, 0.3) is 0 Å². The Bertz CT molecular complexity index is 948. The number of rotatable bonds is 5. The van der Waals surface area contributed by atoms with Gasteiger partial charge in [-0.1, -0.05) is 0 Å².